The maximum absolute atomic E-state index is 12.9. The molecule has 1 saturated carbocycles. The molecule has 1 saturated heterocycles. The zero-order valence-electron chi connectivity index (χ0n) is 15.9. The Morgan fingerprint density at radius 2 is 1.93 bits per heavy atom. The number of furan rings is 1. The first kappa shape index (κ1) is 19.5. The Morgan fingerprint density at radius 3 is 2.55 bits per heavy atom. The molecule has 2 aliphatic rings. The Kier molecular flexibility index (Phi) is 5.58. The van der Waals surface area contributed by atoms with Gasteiger partial charge in [0.2, 0.25) is 17.7 Å². The van der Waals surface area contributed by atoms with Crippen LogP contribution in [-0.4, -0.2) is 47.3 Å². The number of halogens is 1. The molecule has 8 heteroatoms. The van der Waals surface area contributed by atoms with Crippen LogP contribution in [0, 0.1) is 5.92 Å². The van der Waals surface area contributed by atoms with Crippen LogP contribution in [0.2, 0.25) is 5.02 Å². The summed E-state index contributed by atoms with van der Waals surface area (Å²) in [6.45, 7) is 0.327. The number of carbonyl (C=O) groups excluding carboxylic acids is 3. The van der Waals surface area contributed by atoms with Gasteiger partial charge >= 0.3 is 0 Å². The van der Waals surface area contributed by atoms with E-state index in [2.05, 4.69) is 0 Å². The largest absolute Gasteiger partial charge is 0.467 e. The lowest BCUT2D eigenvalue weighted by Crippen LogP contribution is -2.45. The standard InChI is InChI=1S/C21H22ClN3O4/c22-16-6-8-17(9-7-16)25-14-24(13-20(25)27)19(26)12-23(11-18-5-2-10-29-18)21(28)15-3-1-4-15/h2,5-10,15H,1,3-4,11-14H2. The van der Waals surface area contributed by atoms with Crippen LogP contribution in [0.5, 0.6) is 0 Å². The fourth-order valence-corrected chi connectivity index (χ4v) is 3.67. The van der Waals surface area contributed by atoms with Crippen molar-refractivity contribution in [3.05, 3.63) is 53.4 Å². The van der Waals surface area contributed by atoms with Gasteiger partial charge in [-0.2, -0.15) is 0 Å². The van der Waals surface area contributed by atoms with Crippen molar-refractivity contribution < 1.29 is 18.8 Å². The van der Waals surface area contributed by atoms with Gasteiger partial charge in [-0.15, -0.1) is 0 Å². The first-order valence-electron chi connectivity index (χ1n) is 9.66. The normalized spacial score (nSPS) is 16.8. The fraction of sp³-hybridized carbons (Fsp3) is 0.381. The second-order valence-corrected chi connectivity index (χ2v) is 7.87. The Labute approximate surface area is 173 Å². The molecule has 2 aromatic rings. The summed E-state index contributed by atoms with van der Waals surface area (Å²) in [6, 6.07) is 10.4. The summed E-state index contributed by atoms with van der Waals surface area (Å²) in [5, 5.41) is 0.580. The van der Waals surface area contributed by atoms with E-state index >= 15 is 0 Å². The van der Waals surface area contributed by atoms with Crippen molar-refractivity contribution >= 4 is 35.0 Å². The second kappa shape index (κ2) is 8.29. The molecule has 1 aliphatic heterocycles. The molecule has 1 aliphatic carbocycles. The quantitative estimate of drug-likeness (QED) is 0.727. The molecule has 1 aromatic heterocycles. The number of anilines is 1. The van der Waals surface area contributed by atoms with Gasteiger partial charge in [0.1, 0.15) is 25.5 Å². The lowest BCUT2D eigenvalue weighted by Gasteiger charge is -2.31. The molecule has 2 heterocycles. The molecule has 3 amide bonds. The number of benzene rings is 1. The van der Waals surface area contributed by atoms with Crippen LogP contribution < -0.4 is 4.90 Å². The lowest BCUT2D eigenvalue weighted by atomic mass is 9.84. The smallest absolute Gasteiger partial charge is 0.248 e. The summed E-state index contributed by atoms with van der Waals surface area (Å²) in [7, 11) is 0. The maximum atomic E-state index is 12.9. The number of carbonyl (C=O) groups is 3. The Hall–Kier alpha value is -2.80. The fourth-order valence-electron chi connectivity index (χ4n) is 3.54. The van der Waals surface area contributed by atoms with E-state index < -0.39 is 0 Å². The SMILES string of the molecule is O=C(CN(Cc1ccco1)C(=O)C1CCC1)N1CC(=O)N(c2ccc(Cl)cc2)C1. The zero-order valence-corrected chi connectivity index (χ0v) is 16.7. The highest BCUT2D eigenvalue weighted by Gasteiger charge is 2.35. The van der Waals surface area contributed by atoms with Crippen LogP contribution in [0.1, 0.15) is 25.0 Å². The Morgan fingerprint density at radius 1 is 1.17 bits per heavy atom. The summed E-state index contributed by atoms with van der Waals surface area (Å²) >= 11 is 5.91. The molecule has 4 rings (SSSR count). The van der Waals surface area contributed by atoms with Crippen LogP contribution in [0.15, 0.2) is 47.1 Å². The molecular formula is C21H22ClN3O4. The van der Waals surface area contributed by atoms with Crippen LogP contribution in [0.3, 0.4) is 0 Å². The van der Waals surface area contributed by atoms with E-state index in [1.165, 1.54) is 4.90 Å². The molecule has 152 valence electrons. The predicted octanol–water partition coefficient (Wildman–Crippen LogP) is 2.89. The first-order chi connectivity index (χ1) is 14.0. The van der Waals surface area contributed by atoms with Crippen LogP contribution in [-0.2, 0) is 20.9 Å². The van der Waals surface area contributed by atoms with Crippen molar-refractivity contribution in [3.8, 4) is 0 Å². The van der Waals surface area contributed by atoms with Gasteiger partial charge in [0.15, 0.2) is 0 Å². The van der Waals surface area contributed by atoms with Crippen molar-refractivity contribution in [3.63, 3.8) is 0 Å². The van der Waals surface area contributed by atoms with Crippen LogP contribution >= 0.6 is 11.6 Å². The van der Waals surface area contributed by atoms with E-state index in [9.17, 15) is 14.4 Å². The number of hydrogen-bond acceptors (Lipinski definition) is 4. The maximum Gasteiger partial charge on any atom is 0.248 e. The highest BCUT2D eigenvalue weighted by Crippen LogP contribution is 2.29. The molecule has 0 bridgehead atoms. The summed E-state index contributed by atoms with van der Waals surface area (Å²) in [5.41, 5.74) is 0.688. The summed E-state index contributed by atoms with van der Waals surface area (Å²) in [4.78, 5) is 42.7. The van der Waals surface area contributed by atoms with Crippen molar-refractivity contribution in [2.75, 3.05) is 24.7 Å². The minimum absolute atomic E-state index is 0.00628. The third-order valence-electron chi connectivity index (χ3n) is 5.45. The van der Waals surface area contributed by atoms with E-state index in [0.717, 1.165) is 19.3 Å². The number of nitrogens with zero attached hydrogens (tertiary/aromatic N) is 3. The third-order valence-corrected chi connectivity index (χ3v) is 5.70. The van der Waals surface area contributed by atoms with Crippen molar-refractivity contribution in [1.82, 2.24) is 9.80 Å². The minimum atomic E-state index is -0.256. The molecule has 2 fully saturated rings. The molecule has 7 nitrogen and oxygen atoms in total. The second-order valence-electron chi connectivity index (χ2n) is 7.43. The van der Waals surface area contributed by atoms with E-state index in [-0.39, 0.29) is 49.9 Å². The number of amides is 3. The topological polar surface area (TPSA) is 74.1 Å². The molecule has 1 aromatic carbocycles. The van der Waals surface area contributed by atoms with E-state index in [4.69, 9.17) is 16.0 Å². The summed E-state index contributed by atoms with van der Waals surface area (Å²) in [5.74, 6) is 0.160. The summed E-state index contributed by atoms with van der Waals surface area (Å²) < 4.78 is 5.36. The molecule has 0 radical (unpaired) electrons. The average molecular weight is 416 g/mol. The molecule has 0 spiro atoms. The van der Waals surface area contributed by atoms with Gasteiger partial charge in [-0.3, -0.25) is 19.3 Å². The Balaban J connectivity index is 1.43. The number of rotatable bonds is 6. The van der Waals surface area contributed by atoms with Gasteiger partial charge in [0, 0.05) is 16.6 Å². The van der Waals surface area contributed by atoms with Crippen molar-refractivity contribution in [1.29, 1.82) is 0 Å². The Bertz CT molecular complexity index is 893. The highest BCUT2D eigenvalue weighted by molar-refractivity contribution is 6.30. The van der Waals surface area contributed by atoms with Gasteiger partial charge in [-0.25, -0.2) is 0 Å². The molecule has 0 atom stereocenters. The van der Waals surface area contributed by atoms with Crippen molar-refractivity contribution in [2.24, 2.45) is 5.92 Å². The number of hydrogen-bond donors (Lipinski definition) is 0. The average Bonchev–Trinajstić information content (AvgIpc) is 3.30. The first-order valence-corrected chi connectivity index (χ1v) is 10.0. The molecule has 0 N–H and O–H groups in total. The van der Waals surface area contributed by atoms with Gasteiger partial charge in [-0.05, 0) is 49.2 Å². The predicted molar refractivity (Wildman–Crippen MR) is 107 cm³/mol. The molecule has 29 heavy (non-hydrogen) atoms. The van der Waals surface area contributed by atoms with E-state index in [1.807, 2.05) is 0 Å². The summed E-state index contributed by atoms with van der Waals surface area (Å²) in [6.07, 6.45) is 4.30. The minimum Gasteiger partial charge on any atom is -0.467 e. The molecule has 0 unspecified atom stereocenters. The van der Waals surface area contributed by atoms with Crippen LogP contribution in [0.25, 0.3) is 0 Å². The lowest BCUT2D eigenvalue weighted by molar-refractivity contribution is -0.145. The zero-order chi connectivity index (χ0) is 20.4. The van der Waals surface area contributed by atoms with Gasteiger partial charge < -0.3 is 14.2 Å². The molecular weight excluding hydrogens is 394 g/mol. The monoisotopic (exact) mass is 415 g/mol. The third kappa shape index (κ3) is 4.29. The van der Waals surface area contributed by atoms with Crippen molar-refractivity contribution in [2.45, 2.75) is 25.8 Å². The highest BCUT2D eigenvalue weighted by atomic mass is 35.5. The van der Waals surface area contributed by atoms with Gasteiger partial charge in [0.25, 0.3) is 0 Å². The van der Waals surface area contributed by atoms with Crippen LogP contribution in [0.4, 0.5) is 5.69 Å². The van der Waals surface area contributed by atoms with E-state index in [1.54, 1.807) is 52.5 Å². The van der Waals surface area contributed by atoms with Gasteiger partial charge in [-0.1, -0.05) is 18.0 Å². The van der Waals surface area contributed by atoms with E-state index in [0.29, 0.717) is 16.5 Å². The van der Waals surface area contributed by atoms with Gasteiger partial charge in [0.05, 0.1) is 12.8 Å².